The summed E-state index contributed by atoms with van der Waals surface area (Å²) in [6.45, 7) is 2.57. The van der Waals surface area contributed by atoms with E-state index in [9.17, 15) is 4.79 Å². The van der Waals surface area contributed by atoms with Crippen LogP contribution in [0.25, 0.3) is 11.3 Å². The zero-order valence-corrected chi connectivity index (χ0v) is 14.5. The van der Waals surface area contributed by atoms with Gasteiger partial charge in [0.2, 0.25) is 0 Å². The molecule has 2 aromatic heterocycles. The molecule has 3 aromatic rings. The minimum atomic E-state index is -0.347. The number of nitrogens with one attached hydrogen (secondary N) is 1. The molecule has 0 bridgehead atoms. The second-order valence-electron chi connectivity index (χ2n) is 5.08. The molecule has 0 saturated heterocycles. The van der Waals surface area contributed by atoms with Crippen LogP contribution in [0.5, 0.6) is 5.75 Å². The van der Waals surface area contributed by atoms with Crippen LogP contribution < -0.4 is 10.2 Å². The highest BCUT2D eigenvalue weighted by atomic mass is 32.1. The number of aromatic nitrogens is 1. The number of carbonyl (C=O) groups is 1. The highest BCUT2D eigenvalue weighted by Crippen LogP contribution is 2.21. The molecule has 2 heterocycles. The SMILES string of the molecule is CCOc1ccc(-c2cccc(C(=O)N/N=C/c3cccs3)n2)cc1. The van der Waals surface area contributed by atoms with Crippen molar-refractivity contribution in [1.82, 2.24) is 10.4 Å². The van der Waals surface area contributed by atoms with E-state index < -0.39 is 0 Å². The molecule has 0 aliphatic heterocycles. The summed E-state index contributed by atoms with van der Waals surface area (Å²) in [5, 5.41) is 5.90. The molecule has 0 spiro atoms. The Morgan fingerprint density at radius 3 is 2.76 bits per heavy atom. The predicted molar refractivity (Wildman–Crippen MR) is 100 cm³/mol. The van der Waals surface area contributed by atoms with Gasteiger partial charge in [-0.15, -0.1) is 11.3 Å². The van der Waals surface area contributed by atoms with Crippen molar-refractivity contribution in [3.63, 3.8) is 0 Å². The molecule has 126 valence electrons. The van der Waals surface area contributed by atoms with Crippen molar-refractivity contribution in [2.45, 2.75) is 6.92 Å². The second-order valence-corrected chi connectivity index (χ2v) is 6.06. The molecule has 0 unspecified atom stereocenters. The van der Waals surface area contributed by atoms with E-state index in [1.165, 1.54) is 0 Å². The Kier molecular flexibility index (Phi) is 5.53. The number of ether oxygens (including phenoxy) is 1. The van der Waals surface area contributed by atoms with Gasteiger partial charge in [0.05, 0.1) is 18.5 Å². The largest absolute Gasteiger partial charge is 0.494 e. The molecule has 25 heavy (non-hydrogen) atoms. The number of benzene rings is 1. The molecule has 0 fully saturated rings. The molecule has 0 aliphatic rings. The number of amides is 1. The highest BCUT2D eigenvalue weighted by molar-refractivity contribution is 7.11. The lowest BCUT2D eigenvalue weighted by molar-refractivity contribution is 0.0950. The van der Waals surface area contributed by atoms with E-state index in [1.807, 2.05) is 54.8 Å². The van der Waals surface area contributed by atoms with Gasteiger partial charge in [-0.3, -0.25) is 4.79 Å². The maximum Gasteiger partial charge on any atom is 0.289 e. The van der Waals surface area contributed by atoms with E-state index in [-0.39, 0.29) is 5.91 Å². The lowest BCUT2D eigenvalue weighted by Gasteiger charge is -2.06. The van der Waals surface area contributed by atoms with Gasteiger partial charge in [-0.2, -0.15) is 5.10 Å². The molecule has 0 saturated carbocycles. The van der Waals surface area contributed by atoms with Gasteiger partial charge < -0.3 is 4.74 Å². The molecule has 0 radical (unpaired) electrons. The zero-order chi connectivity index (χ0) is 17.5. The Bertz CT molecular complexity index is 859. The number of carbonyl (C=O) groups excluding carboxylic acids is 1. The third kappa shape index (κ3) is 4.51. The monoisotopic (exact) mass is 351 g/mol. The van der Waals surface area contributed by atoms with Gasteiger partial charge in [0.1, 0.15) is 11.4 Å². The number of nitrogens with zero attached hydrogens (tertiary/aromatic N) is 2. The fourth-order valence-electron chi connectivity index (χ4n) is 2.19. The summed E-state index contributed by atoms with van der Waals surface area (Å²) in [4.78, 5) is 17.6. The van der Waals surface area contributed by atoms with Crippen molar-refractivity contribution in [1.29, 1.82) is 0 Å². The topological polar surface area (TPSA) is 63.6 Å². The van der Waals surface area contributed by atoms with Gasteiger partial charge in [-0.25, -0.2) is 10.4 Å². The maximum absolute atomic E-state index is 12.2. The van der Waals surface area contributed by atoms with Crippen molar-refractivity contribution >= 4 is 23.5 Å². The molecule has 0 atom stereocenters. The minimum absolute atomic E-state index is 0.315. The first-order valence-electron chi connectivity index (χ1n) is 7.83. The molecule has 6 heteroatoms. The van der Waals surface area contributed by atoms with Crippen LogP contribution in [0.3, 0.4) is 0 Å². The van der Waals surface area contributed by atoms with E-state index in [1.54, 1.807) is 29.7 Å². The van der Waals surface area contributed by atoms with Gasteiger partial charge in [-0.05, 0) is 54.8 Å². The van der Waals surface area contributed by atoms with E-state index >= 15 is 0 Å². The Morgan fingerprint density at radius 2 is 2.04 bits per heavy atom. The van der Waals surface area contributed by atoms with E-state index in [2.05, 4.69) is 15.5 Å². The van der Waals surface area contributed by atoms with E-state index in [4.69, 9.17) is 4.74 Å². The first-order chi connectivity index (χ1) is 12.3. The summed E-state index contributed by atoms with van der Waals surface area (Å²) in [5.41, 5.74) is 4.45. The summed E-state index contributed by atoms with van der Waals surface area (Å²) in [6.07, 6.45) is 1.61. The molecule has 5 nitrogen and oxygen atoms in total. The average Bonchev–Trinajstić information content (AvgIpc) is 3.16. The van der Waals surface area contributed by atoms with Crippen molar-refractivity contribution in [3.05, 3.63) is 70.5 Å². The number of hydrogen-bond donors (Lipinski definition) is 1. The number of pyridine rings is 1. The zero-order valence-electron chi connectivity index (χ0n) is 13.7. The Balaban J connectivity index is 1.71. The molecule has 1 N–H and O–H groups in total. The van der Waals surface area contributed by atoms with Crippen LogP contribution in [-0.2, 0) is 0 Å². The van der Waals surface area contributed by atoms with Crippen LogP contribution >= 0.6 is 11.3 Å². The van der Waals surface area contributed by atoms with Gasteiger partial charge in [-0.1, -0.05) is 12.1 Å². The minimum Gasteiger partial charge on any atom is -0.494 e. The van der Waals surface area contributed by atoms with Gasteiger partial charge >= 0.3 is 0 Å². The van der Waals surface area contributed by atoms with Crippen molar-refractivity contribution in [2.24, 2.45) is 5.10 Å². The fourth-order valence-corrected chi connectivity index (χ4v) is 2.77. The van der Waals surface area contributed by atoms with Crippen LogP contribution in [-0.4, -0.2) is 23.7 Å². The molecule has 1 amide bonds. The number of thiophene rings is 1. The van der Waals surface area contributed by atoms with Gasteiger partial charge in [0, 0.05) is 10.4 Å². The average molecular weight is 351 g/mol. The lowest BCUT2D eigenvalue weighted by Crippen LogP contribution is -2.19. The number of hydrogen-bond acceptors (Lipinski definition) is 5. The van der Waals surface area contributed by atoms with Crippen LogP contribution in [0.1, 0.15) is 22.3 Å². The first kappa shape index (κ1) is 16.9. The second kappa shape index (κ2) is 8.21. The molecular weight excluding hydrogens is 334 g/mol. The summed E-state index contributed by atoms with van der Waals surface area (Å²) < 4.78 is 5.43. The van der Waals surface area contributed by atoms with E-state index in [0.29, 0.717) is 12.3 Å². The Hall–Kier alpha value is -2.99. The maximum atomic E-state index is 12.2. The quantitative estimate of drug-likeness (QED) is 0.540. The van der Waals surface area contributed by atoms with Crippen LogP contribution in [0.4, 0.5) is 0 Å². The number of rotatable bonds is 6. The molecular formula is C19H17N3O2S. The first-order valence-corrected chi connectivity index (χ1v) is 8.71. The standard InChI is InChI=1S/C19H17N3O2S/c1-2-24-15-10-8-14(9-11-15)17-6-3-7-18(21-17)19(23)22-20-13-16-5-4-12-25-16/h3-13H,2H2,1H3,(H,22,23)/b20-13+. The third-order valence-electron chi connectivity index (χ3n) is 3.34. The van der Waals surface area contributed by atoms with Crippen molar-refractivity contribution in [2.75, 3.05) is 6.61 Å². The lowest BCUT2D eigenvalue weighted by atomic mass is 10.1. The van der Waals surface area contributed by atoms with Crippen LogP contribution in [0, 0.1) is 0 Å². The third-order valence-corrected chi connectivity index (χ3v) is 4.15. The predicted octanol–water partition coefficient (Wildman–Crippen LogP) is 3.97. The number of hydrazone groups is 1. The molecule has 1 aromatic carbocycles. The van der Waals surface area contributed by atoms with E-state index in [0.717, 1.165) is 21.9 Å². The Labute approximate surface area is 150 Å². The smallest absolute Gasteiger partial charge is 0.289 e. The fraction of sp³-hybridized carbons (Fsp3) is 0.105. The molecule has 3 rings (SSSR count). The van der Waals surface area contributed by atoms with Gasteiger partial charge in [0.15, 0.2) is 0 Å². The van der Waals surface area contributed by atoms with Crippen molar-refractivity contribution < 1.29 is 9.53 Å². The van der Waals surface area contributed by atoms with Crippen LogP contribution in [0.15, 0.2) is 65.1 Å². The summed E-state index contributed by atoms with van der Waals surface area (Å²) in [7, 11) is 0. The molecule has 0 aliphatic carbocycles. The highest BCUT2D eigenvalue weighted by Gasteiger charge is 2.08. The summed E-state index contributed by atoms with van der Waals surface area (Å²) >= 11 is 1.55. The normalized spacial score (nSPS) is 10.8. The summed E-state index contributed by atoms with van der Waals surface area (Å²) in [5.74, 6) is 0.462. The summed E-state index contributed by atoms with van der Waals surface area (Å²) in [6, 6.07) is 16.8. The Morgan fingerprint density at radius 1 is 1.20 bits per heavy atom. The van der Waals surface area contributed by atoms with Crippen LogP contribution in [0.2, 0.25) is 0 Å². The van der Waals surface area contributed by atoms with Crippen molar-refractivity contribution in [3.8, 4) is 17.0 Å². The van der Waals surface area contributed by atoms with Gasteiger partial charge in [0.25, 0.3) is 5.91 Å².